The third kappa shape index (κ3) is 2.76. The van der Waals surface area contributed by atoms with Gasteiger partial charge in [0.1, 0.15) is 18.0 Å². The first-order valence-corrected chi connectivity index (χ1v) is 8.33. The Morgan fingerprint density at radius 3 is 2.79 bits per heavy atom. The molecule has 0 amide bonds. The summed E-state index contributed by atoms with van der Waals surface area (Å²) in [6, 6.07) is 6.55. The van der Waals surface area contributed by atoms with Gasteiger partial charge in [0.2, 0.25) is 0 Å². The molecule has 0 saturated carbocycles. The lowest BCUT2D eigenvalue weighted by Gasteiger charge is -2.31. The molecule has 2 aliphatic rings. The van der Waals surface area contributed by atoms with Crippen molar-refractivity contribution in [3.63, 3.8) is 0 Å². The van der Waals surface area contributed by atoms with E-state index in [2.05, 4.69) is 26.8 Å². The van der Waals surface area contributed by atoms with E-state index in [0.29, 0.717) is 13.0 Å². The lowest BCUT2D eigenvalue weighted by Crippen LogP contribution is -2.32. The van der Waals surface area contributed by atoms with Crippen LogP contribution in [0.2, 0.25) is 0 Å². The van der Waals surface area contributed by atoms with Gasteiger partial charge >= 0.3 is 0 Å². The fourth-order valence-corrected chi connectivity index (χ4v) is 3.76. The van der Waals surface area contributed by atoms with Gasteiger partial charge in [0.15, 0.2) is 0 Å². The minimum absolute atomic E-state index is 0.00633. The molecule has 5 nitrogen and oxygen atoms in total. The van der Waals surface area contributed by atoms with E-state index in [1.165, 1.54) is 12.1 Å². The molecular weight excluding hydrogens is 307 g/mol. The summed E-state index contributed by atoms with van der Waals surface area (Å²) in [6.07, 6.45) is 2.75. The minimum atomic E-state index is -0.410. The molecule has 2 aliphatic heterocycles. The standard InChI is InChI=1S/C18H21FN4O/c1-22-7-6-16-15(10-22)18(21-11-20-16)23-9-14(24)8-17(23)12-2-4-13(19)5-3-12/h2-5,11,14,17,24H,6-10H2,1H3/t14-,17+/m0/s1. The van der Waals surface area contributed by atoms with Crippen LogP contribution in [0.15, 0.2) is 30.6 Å². The van der Waals surface area contributed by atoms with Gasteiger partial charge in [-0.2, -0.15) is 0 Å². The molecule has 3 heterocycles. The normalized spacial score (nSPS) is 24.2. The summed E-state index contributed by atoms with van der Waals surface area (Å²) in [5.41, 5.74) is 3.24. The Kier molecular flexibility index (Phi) is 3.94. The van der Waals surface area contributed by atoms with Crippen molar-refractivity contribution >= 4 is 5.82 Å². The molecule has 1 saturated heterocycles. The number of anilines is 1. The van der Waals surface area contributed by atoms with Crippen molar-refractivity contribution < 1.29 is 9.50 Å². The first kappa shape index (κ1) is 15.5. The van der Waals surface area contributed by atoms with Crippen LogP contribution < -0.4 is 4.90 Å². The largest absolute Gasteiger partial charge is 0.391 e. The second-order valence-corrected chi connectivity index (χ2v) is 6.72. The second-order valence-electron chi connectivity index (χ2n) is 6.72. The van der Waals surface area contributed by atoms with Crippen LogP contribution in [0.1, 0.15) is 29.3 Å². The zero-order chi connectivity index (χ0) is 16.7. The Bertz CT molecular complexity index is 736. The van der Waals surface area contributed by atoms with E-state index in [9.17, 15) is 9.50 Å². The molecule has 2 aromatic rings. The number of hydrogen-bond donors (Lipinski definition) is 1. The smallest absolute Gasteiger partial charge is 0.137 e. The maximum absolute atomic E-state index is 13.2. The third-order valence-electron chi connectivity index (χ3n) is 4.98. The van der Waals surface area contributed by atoms with Crippen LogP contribution in [0.5, 0.6) is 0 Å². The Morgan fingerprint density at radius 2 is 2.00 bits per heavy atom. The average Bonchev–Trinajstić information content (AvgIpc) is 2.96. The minimum Gasteiger partial charge on any atom is -0.391 e. The number of nitrogens with zero attached hydrogens (tertiary/aromatic N) is 4. The molecule has 0 bridgehead atoms. The predicted octanol–water partition coefficient (Wildman–Crippen LogP) is 1.92. The molecule has 1 fully saturated rings. The number of likely N-dealkylation sites (N-methyl/N-ethyl adjacent to an activating group) is 1. The van der Waals surface area contributed by atoms with Gasteiger partial charge in [-0.25, -0.2) is 14.4 Å². The fourth-order valence-electron chi connectivity index (χ4n) is 3.76. The highest BCUT2D eigenvalue weighted by molar-refractivity contribution is 5.53. The Labute approximate surface area is 140 Å². The summed E-state index contributed by atoms with van der Waals surface area (Å²) in [6.45, 7) is 2.34. The molecular formula is C18H21FN4O. The first-order chi connectivity index (χ1) is 11.6. The summed E-state index contributed by atoms with van der Waals surface area (Å²) < 4.78 is 13.2. The van der Waals surface area contributed by atoms with Gasteiger partial charge in [0.25, 0.3) is 0 Å². The molecule has 24 heavy (non-hydrogen) atoms. The lowest BCUT2D eigenvalue weighted by molar-refractivity contribution is 0.194. The first-order valence-electron chi connectivity index (χ1n) is 8.33. The van der Waals surface area contributed by atoms with Crippen LogP contribution in [0, 0.1) is 5.82 Å². The molecule has 0 unspecified atom stereocenters. The highest BCUT2D eigenvalue weighted by atomic mass is 19.1. The van der Waals surface area contributed by atoms with E-state index in [-0.39, 0.29) is 11.9 Å². The predicted molar refractivity (Wildman–Crippen MR) is 89.2 cm³/mol. The molecule has 1 N–H and O–H groups in total. The molecule has 0 spiro atoms. The molecule has 0 aliphatic carbocycles. The molecule has 4 rings (SSSR count). The highest BCUT2D eigenvalue weighted by Crippen LogP contribution is 2.38. The summed E-state index contributed by atoms with van der Waals surface area (Å²) in [5, 5.41) is 10.2. The number of benzene rings is 1. The summed E-state index contributed by atoms with van der Waals surface area (Å²) in [5.74, 6) is 0.655. The number of β-amino-alcohol motifs (C(OH)–C–C–N with tert-alkyl or cyclic N) is 1. The van der Waals surface area contributed by atoms with Crippen molar-refractivity contribution in [2.45, 2.75) is 31.5 Å². The van der Waals surface area contributed by atoms with Gasteiger partial charge in [-0.1, -0.05) is 12.1 Å². The van der Waals surface area contributed by atoms with E-state index in [0.717, 1.165) is 42.1 Å². The number of aliphatic hydroxyl groups is 1. The van der Waals surface area contributed by atoms with Gasteiger partial charge in [0, 0.05) is 31.6 Å². The summed E-state index contributed by atoms with van der Waals surface area (Å²) in [4.78, 5) is 13.4. The van der Waals surface area contributed by atoms with E-state index < -0.39 is 6.10 Å². The zero-order valence-corrected chi connectivity index (χ0v) is 13.7. The average molecular weight is 328 g/mol. The van der Waals surface area contributed by atoms with Gasteiger partial charge in [0.05, 0.1) is 17.8 Å². The van der Waals surface area contributed by atoms with Crippen LogP contribution in [0.25, 0.3) is 0 Å². The Balaban J connectivity index is 1.73. The number of halogens is 1. The third-order valence-corrected chi connectivity index (χ3v) is 4.98. The number of rotatable bonds is 2. The van der Waals surface area contributed by atoms with Gasteiger partial charge < -0.3 is 14.9 Å². The molecule has 1 aromatic carbocycles. The van der Waals surface area contributed by atoms with E-state index in [1.807, 2.05) is 0 Å². The van der Waals surface area contributed by atoms with Crippen molar-refractivity contribution in [3.05, 3.63) is 53.2 Å². The number of aliphatic hydroxyl groups excluding tert-OH is 1. The van der Waals surface area contributed by atoms with Crippen LogP contribution in [0.4, 0.5) is 10.2 Å². The van der Waals surface area contributed by atoms with Crippen molar-refractivity contribution in [3.8, 4) is 0 Å². The molecule has 1 aromatic heterocycles. The van der Waals surface area contributed by atoms with Crippen molar-refractivity contribution in [1.82, 2.24) is 14.9 Å². The summed E-state index contributed by atoms with van der Waals surface area (Å²) in [7, 11) is 2.09. The van der Waals surface area contributed by atoms with Gasteiger partial charge in [-0.05, 0) is 31.2 Å². The zero-order valence-electron chi connectivity index (χ0n) is 13.7. The Morgan fingerprint density at radius 1 is 1.21 bits per heavy atom. The van der Waals surface area contributed by atoms with Crippen molar-refractivity contribution in [2.75, 3.05) is 25.0 Å². The van der Waals surface area contributed by atoms with Crippen LogP contribution in [-0.4, -0.2) is 46.2 Å². The summed E-state index contributed by atoms with van der Waals surface area (Å²) >= 11 is 0. The van der Waals surface area contributed by atoms with Gasteiger partial charge in [-0.15, -0.1) is 0 Å². The quantitative estimate of drug-likeness (QED) is 0.913. The molecule has 0 radical (unpaired) electrons. The van der Waals surface area contributed by atoms with E-state index >= 15 is 0 Å². The lowest BCUT2D eigenvalue weighted by atomic mass is 10.0. The van der Waals surface area contributed by atoms with Crippen LogP contribution >= 0.6 is 0 Å². The van der Waals surface area contributed by atoms with Crippen LogP contribution in [0.3, 0.4) is 0 Å². The van der Waals surface area contributed by atoms with Crippen molar-refractivity contribution in [2.24, 2.45) is 0 Å². The number of fused-ring (bicyclic) bond motifs is 1. The topological polar surface area (TPSA) is 52.5 Å². The van der Waals surface area contributed by atoms with Gasteiger partial charge in [-0.3, -0.25) is 0 Å². The monoisotopic (exact) mass is 328 g/mol. The molecule has 2 atom stereocenters. The number of aromatic nitrogens is 2. The maximum atomic E-state index is 13.2. The highest BCUT2D eigenvalue weighted by Gasteiger charge is 2.35. The second kappa shape index (κ2) is 6.11. The van der Waals surface area contributed by atoms with E-state index in [4.69, 9.17) is 0 Å². The Hall–Kier alpha value is -2.05. The van der Waals surface area contributed by atoms with E-state index in [1.54, 1.807) is 18.5 Å². The SMILES string of the molecule is CN1CCc2ncnc(N3C[C@@H](O)C[C@@H]3c3ccc(F)cc3)c2C1. The molecule has 126 valence electrons. The maximum Gasteiger partial charge on any atom is 0.137 e. The fraction of sp³-hybridized carbons (Fsp3) is 0.444. The van der Waals surface area contributed by atoms with Crippen molar-refractivity contribution in [1.29, 1.82) is 0 Å². The number of hydrogen-bond acceptors (Lipinski definition) is 5. The molecule has 6 heteroatoms. The van der Waals surface area contributed by atoms with Crippen LogP contribution in [-0.2, 0) is 13.0 Å².